The van der Waals surface area contributed by atoms with Crippen LogP contribution < -0.4 is 4.87 Å². The van der Waals surface area contributed by atoms with Gasteiger partial charge in [0.15, 0.2) is 0 Å². The van der Waals surface area contributed by atoms with Crippen molar-refractivity contribution < 1.29 is 5.11 Å². The van der Waals surface area contributed by atoms with Crippen LogP contribution in [0.3, 0.4) is 0 Å². The first kappa shape index (κ1) is 9.41. The molecule has 68 valence electrons. The monoisotopic (exact) mass is 188 g/mol. The molecule has 1 rings (SSSR count). The van der Waals surface area contributed by atoms with Crippen molar-refractivity contribution in [3.05, 3.63) is 15.2 Å². The van der Waals surface area contributed by atoms with Gasteiger partial charge in [0.25, 0.3) is 0 Å². The molecule has 1 N–H and O–H groups in total. The Balaban J connectivity index is 2.55. The quantitative estimate of drug-likeness (QED) is 0.750. The summed E-state index contributed by atoms with van der Waals surface area (Å²) in [5.41, 5.74) is 0.774. The summed E-state index contributed by atoms with van der Waals surface area (Å²) in [6.07, 6.45) is 0.538. The third-order valence-electron chi connectivity index (χ3n) is 1.49. The number of aromatic nitrogens is 2. The standard InChI is InChI=1S/C7H12N2O2S/c1-7(2,11)3-4-9-6(10)12-5-8-9/h5,11H,3-4H2,1-2H3. The van der Waals surface area contributed by atoms with Crippen molar-refractivity contribution in [1.82, 2.24) is 9.78 Å². The normalized spacial score (nSPS) is 11.9. The van der Waals surface area contributed by atoms with Gasteiger partial charge in [-0.15, -0.1) is 0 Å². The summed E-state index contributed by atoms with van der Waals surface area (Å²) in [5, 5.41) is 13.2. The van der Waals surface area contributed by atoms with Crippen LogP contribution in [0.1, 0.15) is 20.3 Å². The van der Waals surface area contributed by atoms with Gasteiger partial charge in [-0.1, -0.05) is 11.3 Å². The van der Waals surface area contributed by atoms with Crippen LogP contribution >= 0.6 is 11.3 Å². The van der Waals surface area contributed by atoms with Gasteiger partial charge in [0.2, 0.25) is 0 Å². The summed E-state index contributed by atoms with van der Waals surface area (Å²) in [6, 6.07) is 0. The van der Waals surface area contributed by atoms with E-state index in [9.17, 15) is 9.90 Å². The van der Waals surface area contributed by atoms with E-state index in [4.69, 9.17) is 0 Å². The molecule has 12 heavy (non-hydrogen) atoms. The van der Waals surface area contributed by atoms with Gasteiger partial charge in [-0.2, -0.15) is 5.10 Å². The van der Waals surface area contributed by atoms with Crippen LogP contribution in [0.2, 0.25) is 0 Å². The molecule has 0 atom stereocenters. The molecule has 0 radical (unpaired) electrons. The molecule has 0 saturated carbocycles. The van der Waals surface area contributed by atoms with E-state index in [1.165, 1.54) is 10.2 Å². The van der Waals surface area contributed by atoms with Gasteiger partial charge in [-0.05, 0) is 20.3 Å². The fourth-order valence-corrected chi connectivity index (χ4v) is 1.27. The second-order valence-corrected chi connectivity index (χ2v) is 4.09. The zero-order chi connectivity index (χ0) is 9.19. The molecule has 0 aliphatic carbocycles. The second kappa shape index (κ2) is 3.37. The average Bonchev–Trinajstić information content (AvgIpc) is 2.29. The Morgan fingerprint density at radius 1 is 1.75 bits per heavy atom. The minimum Gasteiger partial charge on any atom is -0.390 e. The average molecular weight is 188 g/mol. The summed E-state index contributed by atoms with van der Waals surface area (Å²) in [6.45, 7) is 3.90. The van der Waals surface area contributed by atoms with Gasteiger partial charge in [0.1, 0.15) is 5.51 Å². The van der Waals surface area contributed by atoms with Crippen LogP contribution in [-0.2, 0) is 6.54 Å². The Labute approximate surface area is 74.5 Å². The lowest BCUT2D eigenvalue weighted by atomic mass is 10.1. The molecule has 0 aromatic carbocycles. The van der Waals surface area contributed by atoms with Crippen LogP contribution in [0.25, 0.3) is 0 Å². The highest BCUT2D eigenvalue weighted by Gasteiger charge is 2.12. The van der Waals surface area contributed by atoms with E-state index in [1.807, 2.05) is 0 Å². The topological polar surface area (TPSA) is 55.1 Å². The molecule has 5 heteroatoms. The summed E-state index contributed by atoms with van der Waals surface area (Å²) in [5.74, 6) is 0. The summed E-state index contributed by atoms with van der Waals surface area (Å²) >= 11 is 1.07. The number of aryl methyl sites for hydroxylation is 1. The molecule has 4 nitrogen and oxygen atoms in total. The van der Waals surface area contributed by atoms with Crippen molar-refractivity contribution >= 4 is 11.3 Å². The van der Waals surface area contributed by atoms with E-state index in [0.29, 0.717) is 13.0 Å². The minimum atomic E-state index is -0.733. The van der Waals surface area contributed by atoms with E-state index in [2.05, 4.69) is 5.10 Å². The summed E-state index contributed by atoms with van der Waals surface area (Å²) in [4.78, 5) is 10.9. The highest BCUT2D eigenvalue weighted by atomic mass is 32.1. The molecule has 0 bridgehead atoms. The molecular formula is C7H12N2O2S. The molecule has 0 unspecified atom stereocenters. The molecule has 0 aliphatic heterocycles. The van der Waals surface area contributed by atoms with E-state index in [1.54, 1.807) is 13.8 Å². The van der Waals surface area contributed by atoms with Crippen LogP contribution in [0.15, 0.2) is 10.3 Å². The molecule has 0 amide bonds. The maximum atomic E-state index is 11.0. The molecule has 1 aromatic heterocycles. The third-order valence-corrected chi connectivity index (χ3v) is 2.10. The molecular weight excluding hydrogens is 176 g/mol. The zero-order valence-corrected chi connectivity index (χ0v) is 7.97. The number of hydrogen-bond donors (Lipinski definition) is 1. The Morgan fingerprint density at radius 3 is 2.83 bits per heavy atom. The van der Waals surface area contributed by atoms with Crippen molar-refractivity contribution in [2.45, 2.75) is 32.4 Å². The molecule has 1 heterocycles. The van der Waals surface area contributed by atoms with Gasteiger partial charge < -0.3 is 5.11 Å². The number of hydrogen-bond acceptors (Lipinski definition) is 4. The maximum absolute atomic E-state index is 11.0. The van der Waals surface area contributed by atoms with Gasteiger partial charge in [0.05, 0.1) is 5.60 Å². The number of aliphatic hydroxyl groups is 1. The second-order valence-electron chi connectivity index (χ2n) is 3.29. The summed E-state index contributed by atoms with van der Waals surface area (Å²) in [7, 11) is 0. The van der Waals surface area contributed by atoms with Gasteiger partial charge in [0, 0.05) is 6.54 Å². The first-order chi connectivity index (χ1) is 5.49. The van der Waals surface area contributed by atoms with Crippen LogP contribution in [0, 0.1) is 0 Å². The lowest BCUT2D eigenvalue weighted by Crippen LogP contribution is -2.24. The molecule has 0 aliphatic rings. The Morgan fingerprint density at radius 2 is 2.42 bits per heavy atom. The highest BCUT2D eigenvalue weighted by Crippen LogP contribution is 2.07. The van der Waals surface area contributed by atoms with E-state index in [0.717, 1.165) is 11.3 Å². The predicted molar refractivity (Wildman–Crippen MR) is 47.3 cm³/mol. The first-order valence-electron chi connectivity index (χ1n) is 3.72. The van der Waals surface area contributed by atoms with Gasteiger partial charge in [-0.3, -0.25) is 4.79 Å². The number of rotatable bonds is 3. The van der Waals surface area contributed by atoms with Crippen molar-refractivity contribution in [2.75, 3.05) is 0 Å². The van der Waals surface area contributed by atoms with Gasteiger partial charge >= 0.3 is 4.87 Å². The fourth-order valence-electron chi connectivity index (χ4n) is 0.762. The van der Waals surface area contributed by atoms with Crippen LogP contribution in [0.4, 0.5) is 0 Å². The Kier molecular flexibility index (Phi) is 2.64. The molecule has 0 saturated heterocycles. The first-order valence-corrected chi connectivity index (χ1v) is 4.60. The minimum absolute atomic E-state index is 0.0701. The van der Waals surface area contributed by atoms with Crippen molar-refractivity contribution in [3.63, 3.8) is 0 Å². The van der Waals surface area contributed by atoms with Crippen LogP contribution in [0.5, 0.6) is 0 Å². The maximum Gasteiger partial charge on any atom is 0.324 e. The predicted octanol–water partition coefficient (Wildman–Crippen LogP) is 0.466. The van der Waals surface area contributed by atoms with Gasteiger partial charge in [-0.25, -0.2) is 4.68 Å². The third kappa shape index (κ3) is 2.75. The number of nitrogens with zero attached hydrogens (tertiary/aromatic N) is 2. The Hall–Kier alpha value is -0.680. The Bertz CT molecular complexity index is 297. The van der Waals surface area contributed by atoms with Crippen LogP contribution in [-0.4, -0.2) is 20.5 Å². The largest absolute Gasteiger partial charge is 0.390 e. The zero-order valence-electron chi connectivity index (χ0n) is 7.15. The SMILES string of the molecule is CC(C)(O)CCn1ncsc1=O. The fraction of sp³-hybridized carbons (Fsp3) is 0.714. The van der Waals surface area contributed by atoms with E-state index in [-0.39, 0.29) is 4.87 Å². The molecule has 0 fully saturated rings. The highest BCUT2D eigenvalue weighted by molar-refractivity contribution is 7.06. The van der Waals surface area contributed by atoms with Crippen molar-refractivity contribution in [1.29, 1.82) is 0 Å². The van der Waals surface area contributed by atoms with E-state index >= 15 is 0 Å². The van der Waals surface area contributed by atoms with Crippen molar-refractivity contribution in [2.24, 2.45) is 0 Å². The lowest BCUT2D eigenvalue weighted by Gasteiger charge is -2.15. The summed E-state index contributed by atoms with van der Waals surface area (Å²) < 4.78 is 1.36. The molecule has 0 spiro atoms. The smallest absolute Gasteiger partial charge is 0.324 e. The molecule has 1 aromatic rings. The van der Waals surface area contributed by atoms with Crippen molar-refractivity contribution in [3.8, 4) is 0 Å². The lowest BCUT2D eigenvalue weighted by molar-refractivity contribution is 0.0648. The van der Waals surface area contributed by atoms with E-state index < -0.39 is 5.60 Å².